The summed E-state index contributed by atoms with van der Waals surface area (Å²) < 4.78 is 25.7. The fraction of sp³-hybridized carbons (Fsp3) is 0.200. The first-order chi connectivity index (χ1) is 15.0. The Morgan fingerprint density at radius 3 is 2.81 bits per heavy atom. The number of pyridine rings is 1. The van der Waals surface area contributed by atoms with Crippen molar-refractivity contribution in [3.05, 3.63) is 96.1 Å². The molecule has 2 N–H and O–H groups in total. The molecule has 0 aliphatic rings. The van der Waals surface area contributed by atoms with Gasteiger partial charge in [-0.25, -0.2) is 9.37 Å². The molecule has 2 aromatic heterocycles. The van der Waals surface area contributed by atoms with E-state index in [1.165, 1.54) is 6.07 Å². The van der Waals surface area contributed by atoms with Gasteiger partial charge in [0.25, 0.3) is 0 Å². The first-order valence-corrected chi connectivity index (χ1v) is 10.0. The van der Waals surface area contributed by atoms with E-state index in [-0.39, 0.29) is 11.7 Å². The maximum Gasteiger partial charge on any atom is 0.170 e. The van der Waals surface area contributed by atoms with Crippen molar-refractivity contribution in [3.8, 4) is 17.1 Å². The van der Waals surface area contributed by atoms with E-state index in [4.69, 9.17) is 15.0 Å². The van der Waals surface area contributed by atoms with Gasteiger partial charge in [-0.3, -0.25) is 0 Å². The van der Waals surface area contributed by atoms with E-state index in [0.717, 1.165) is 11.1 Å². The molecule has 0 fully saturated rings. The molecule has 1 aromatic carbocycles. The highest BCUT2D eigenvalue weighted by molar-refractivity contribution is 5.69. The van der Waals surface area contributed by atoms with Gasteiger partial charge in [0.1, 0.15) is 12.4 Å². The fourth-order valence-corrected chi connectivity index (χ4v) is 2.95. The van der Waals surface area contributed by atoms with Crippen LogP contribution >= 0.6 is 0 Å². The van der Waals surface area contributed by atoms with Gasteiger partial charge >= 0.3 is 0 Å². The molecule has 0 unspecified atom stereocenters. The lowest BCUT2D eigenvalue weighted by atomic mass is 10.0. The number of ether oxygens (including phenoxy) is 1. The van der Waals surface area contributed by atoms with Crippen LogP contribution in [-0.4, -0.2) is 16.7 Å². The van der Waals surface area contributed by atoms with Crippen molar-refractivity contribution in [1.82, 2.24) is 10.1 Å². The van der Waals surface area contributed by atoms with E-state index in [2.05, 4.69) is 30.6 Å². The lowest BCUT2D eigenvalue weighted by molar-refractivity contribution is 0.321. The highest BCUT2D eigenvalue weighted by atomic mass is 19.1. The van der Waals surface area contributed by atoms with Crippen molar-refractivity contribution in [2.75, 3.05) is 12.3 Å². The van der Waals surface area contributed by atoms with Crippen LogP contribution in [0.1, 0.15) is 25.1 Å². The molecule has 0 aliphatic heterocycles. The summed E-state index contributed by atoms with van der Waals surface area (Å²) in [5.41, 5.74) is 9.05. The maximum atomic E-state index is 14.6. The lowest BCUT2D eigenvalue weighted by Crippen LogP contribution is -2.07. The number of nitrogens with zero attached hydrogens (tertiary/aromatic N) is 2. The van der Waals surface area contributed by atoms with Crippen LogP contribution in [0.5, 0.6) is 5.75 Å². The third-order valence-corrected chi connectivity index (χ3v) is 4.74. The van der Waals surface area contributed by atoms with Crippen LogP contribution in [0, 0.1) is 11.7 Å². The van der Waals surface area contributed by atoms with Gasteiger partial charge in [-0.15, -0.1) is 0 Å². The van der Waals surface area contributed by atoms with Gasteiger partial charge in [0, 0.05) is 18.7 Å². The predicted molar refractivity (Wildman–Crippen MR) is 121 cm³/mol. The molecule has 3 rings (SSSR count). The Hall–Kier alpha value is -3.67. The highest BCUT2D eigenvalue weighted by Gasteiger charge is 2.13. The van der Waals surface area contributed by atoms with Gasteiger partial charge in [-0.2, -0.15) is 0 Å². The third kappa shape index (κ3) is 5.92. The molecule has 5 nitrogen and oxygen atoms in total. The summed E-state index contributed by atoms with van der Waals surface area (Å²) in [5.74, 6) is 0.980. The Morgan fingerprint density at radius 2 is 2.10 bits per heavy atom. The van der Waals surface area contributed by atoms with E-state index in [9.17, 15) is 4.39 Å². The molecule has 0 atom stereocenters. The molecule has 3 aromatic rings. The number of hydrogen-bond donors (Lipinski definition) is 1. The van der Waals surface area contributed by atoms with Gasteiger partial charge in [0.05, 0.1) is 11.3 Å². The van der Waals surface area contributed by atoms with E-state index in [1.54, 1.807) is 30.5 Å². The number of rotatable bonds is 9. The van der Waals surface area contributed by atoms with Gasteiger partial charge in [0.15, 0.2) is 17.3 Å². The standard InChI is InChI=1S/C25H26FN3O2/c1-4-5-6-8-19(17(2)3)16-30-23-11-10-18(14-22(23)26)13-20-15-24(31-29-20)21-9-7-12-28-25(21)27/h4-12,14-15,17H,1,13,16H2,2-3H3,(H2,27,28)/b6-5-,19-8-. The second kappa shape index (κ2) is 10.4. The summed E-state index contributed by atoms with van der Waals surface area (Å²) >= 11 is 0. The van der Waals surface area contributed by atoms with Crippen LogP contribution in [0.4, 0.5) is 10.2 Å². The van der Waals surface area contributed by atoms with Crippen molar-refractivity contribution in [3.63, 3.8) is 0 Å². The number of anilines is 1. The Labute approximate surface area is 181 Å². The largest absolute Gasteiger partial charge is 0.486 e. The monoisotopic (exact) mass is 419 g/mol. The number of nitrogens with two attached hydrogens (primary N) is 1. The number of halogens is 1. The zero-order valence-corrected chi connectivity index (χ0v) is 17.7. The Morgan fingerprint density at radius 1 is 1.26 bits per heavy atom. The predicted octanol–water partition coefficient (Wildman–Crippen LogP) is 5.75. The van der Waals surface area contributed by atoms with Crippen LogP contribution in [-0.2, 0) is 6.42 Å². The van der Waals surface area contributed by atoms with Crippen molar-refractivity contribution < 1.29 is 13.7 Å². The number of benzene rings is 1. The first-order valence-electron chi connectivity index (χ1n) is 10.0. The molecule has 0 radical (unpaired) electrons. The SMILES string of the molecule is C=C/C=C\C=C(\COc1ccc(Cc2cc(-c3cccnc3N)on2)cc1F)C(C)C. The molecule has 0 aliphatic carbocycles. The van der Waals surface area contributed by atoms with Crippen LogP contribution in [0.15, 0.2) is 83.6 Å². The van der Waals surface area contributed by atoms with Crippen LogP contribution in [0.25, 0.3) is 11.3 Å². The summed E-state index contributed by atoms with van der Waals surface area (Å²) in [7, 11) is 0. The second-order valence-electron chi connectivity index (χ2n) is 7.37. The molecule has 160 valence electrons. The summed E-state index contributed by atoms with van der Waals surface area (Å²) in [4.78, 5) is 4.05. The first kappa shape index (κ1) is 22.0. The maximum absolute atomic E-state index is 14.6. The summed E-state index contributed by atoms with van der Waals surface area (Å²) in [5, 5.41) is 4.06. The minimum absolute atomic E-state index is 0.215. The number of allylic oxidation sites excluding steroid dienone is 4. The summed E-state index contributed by atoms with van der Waals surface area (Å²) in [6.07, 6.45) is 9.45. The Kier molecular flexibility index (Phi) is 7.38. The molecular weight excluding hydrogens is 393 g/mol. The summed E-state index contributed by atoms with van der Waals surface area (Å²) in [6.45, 7) is 8.11. The van der Waals surface area contributed by atoms with Gasteiger partial charge in [0.2, 0.25) is 0 Å². The fourth-order valence-electron chi connectivity index (χ4n) is 2.95. The van der Waals surface area contributed by atoms with E-state index >= 15 is 0 Å². The zero-order valence-electron chi connectivity index (χ0n) is 17.7. The van der Waals surface area contributed by atoms with Crippen LogP contribution in [0.2, 0.25) is 0 Å². The average molecular weight is 420 g/mol. The van der Waals surface area contributed by atoms with E-state index < -0.39 is 5.82 Å². The average Bonchev–Trinajstić information content (AvgIpc) is 3.20. The normalized spacial score (nSPS) is 11.9. The van der Waals surface area contributed by atoms with Crippen molar-refractivity contribution >= 4 is 5.82 Å². The molecule has 2 heterocycles. The molecule has 0 saturated carbocycles. The zero-order chi connectivity index (χ0) is 22.2. The lowest BCUT2D eigenvalue weighted by Gasteiger charge is -2.13. The smallest absolute Gasteiger partial charge is 0.170 e. The van der Waals surface area contributed by atoms with Gasteiger partial charge in [-0.1, -0.05) is 56.0 Å². The van der Waals surface area contributed by atoms with E-state index in [1.807, 2.05) is 30.4 Å². The van der Waals surface area contributed by atoms with Gasteiger partial charge < -0.3 is 15.0 Å². The van der Waals surface area contributed by atoms with Crippen LogP contribution < -0.4 is 10.5 Å². The van der Waals surface area contributed by atoms with Crippen LogP contribution in [0.3, 0.4) is 0 Å². The Balaban J connectivity index is 1.67. The topological polar surface area (TPSA) is 74.2 Å². The molecule has 0 bridgehead atoms. The molecular formula is C25H26FN3O2. The van der Waals surface area contributed by atoms with E-state index in [0.29, 0.717) is 35.9 Å². The number of aromatic nitrogens is 2. The molecule has 0 spiro atoms. The van der Waals surface area contributed by atoms with Crippen molar-refractivity contribution in [1.29, 1.82) is 0 Å². The third-order valence-electron chi connectivity index (χ3n) is 4.74. The molecule has 31 heavy (non-hydrogen) atoms. The van der Waals surface area contributed by atoms with Crippen molar-refractivity contribution in [2.24, 2.45) is 5.92 Å². The summed E-state index contributed by atoms with van der Waals surface area (Å²) in [6, 6.07) is 10.3. The molecule has 6 heteroatoms. The minimum atomic E-state index is -0.414. The molecule has 0 amide bonds. The minimum Gasteiger partial charge on any atom is -0.486 e. The molecule has 0 saturated heterocycles. The quantitative estimate of drug-likeness (QED) is 0.447. The van der Waals surface area contributed by atoms with Crippen molar-refractivity contribution in [2.45, 2.75) is 20.3 Å². The van der Waals surface area contributed by atoms with Gasteiger partial charge in [-0.05, 0) is 41.3 Å². The second-order valence-corrected chi connectivity index (χ2v) is 7.37. The number of hydrogen-bond acceptors (Lipinski definition) is 5. The number of nitrogen functional groups attached to an aromatic ring is 1. The Bertz CT molecular complexity index is 1100. The highest BCUT2D eigenvalue weighted by Crippen LogP contribution is 2.26.